The van der Waals surface area contributed by atoms with Crippen LogP contribution >= 0.6 is 0 Å². The lowest BCUT2D eigenvalue weighted by atomic mass is 10.1. The van der Waals surface area contributed by atoms with Gasteiger partial charge in [0.05, 0.1) is 11.9 Å². The van der Waals surface area contributed by atoms with Crippen LogP contribution in [0.3, 0.4) is 0 Å². The normalized spacial score (nSPS) is 10.9. The van der Waals surface area contributed by atoms with E-state index < -0.39 is 0 Å². The standard InChI is InChI=1S/C16H14FN9O/c1-25(16(27)13-6-14(21-20-13)26-9-19-23-24-26)8-11-7-18-22-15(11)10-2-4-12(17)5-3-10/h2-7,9H,8H2,1H3,(H,18,22)(H,20,21). The number of aromatic amines is 2. The lowest BCUT2D eigenvalue weighted by Crippen LogP contribution is -2.26. The average Bonchev–Trinajstić information content (AvgIpc) is 3.42. The van der Waals surface area contributed by atoms with Crippen LogP contribution in [-0.2, 0) is 6.54 Å². The number of hydrogen-bond donors (Lipinski definition) is 2. The summed E-state index contributed by atoms with van der Waals surface area (Å²) in [6.07, 6.45) is 3.02. The second-order valence-electron chi connectivity index (χ2n) is 5.83. The van der Waals surface area contributed by atoms with E-state index in [1.165, 1.54) is 28.0 Å². The molecule has 10 nitrogen and oxygen atoms in total. The van der Waals surface area contributed by atoms with Crippen LogP contribution in [0.25, 0.3) is 17.1 Å². The lowest BCUT2D eigenvalue weighted by Gasteiger charge is -2.16. The molecule has 2 N–H and O–H groups in total. The van der Waals surface area contributed by atoms with Crippen molar-refractivity contribution >= 4 is 5.91 Å². The maximum Gasteiger partial charge on any atom is 0.271 e. The highest BCUT2D eigenvalue weighted by Gasteiger charge is 2.18. The Kier molecular flexibility index (Phi) is 4.16. The third kappa shape index (κ3) is 3.29. The molecule has 0 saturated carbocycles. The number of tetrazole rings is 1. The van der Waals surface area contributed by atoms with Crippen molar-refractivity contribution in [1.82, 2.24) is 45.5 Å². The highest BCUT2D eigenvalue weighted by Crippen LogP contribution is 2.22. The zero-order valence-electron chi connectivity index (χ0n) is 14.2. The van der Waals surface area contributed by atoms with Crippen molar-refractivity contribution in [3.8, 4) is 17.1 Å². The number of benzene rings is 1. The smallest absolute Gasteiger partial charge is 0.271 e. The molecule has 0 fully saturated rings. The number of nitrogens with zero attached hydrogens (tertiary/aromatic N) is 7. The Bertz CT molecular complexity index is 1050. The Labute approximate surface area is 152 Å². The lowest BCUT2D eigenvalue weighted by molar-refractivity contribution is 0.0779. The summed E-state index contributed by atoms with van der Waals surface area (Å²) in [5.41, 5.74) is 2.62. The van der Waals surface area contributed by atoms with Crippen LogP contribution in [0.4, 0.5) is 4.39 Å². The van der Waals surface area contributed by atoms with Gasteiger partial charge in [0.15, 0.2) is 5.82 Å². The number of H-pyrrole nitrogens is 2. The molecule has 11 heteroatoms. The summed E-state index contributed by atoms with van der Waals surface area (Å²) in [5.74, 6) is -0.162. The Morgan fingerprint density at radius 2 is 2.07 bits per heavy atom. The minimum atomic E-state index is -0.315. The molecule has 0 spiro atoms. The van der Waals surface area contributed by atoms with Crippen LogP contribution in [-0.4, -0.2) is 58.5 Å². The number of carbonyl (C=O) groups is 1. The summed E-state index contributed by atoms with van der Waals surface area (Å²) in [6.45, 7) is 0.307. The van der Waals surface area contributed by atoms with E-state index >= 15 is 0 Å². The zero-order chi connectivity index (χ0) is 18.8. The van der Waals surface area contributed by atoms with Gasteiger partial charge in [0.1, 0.15) is 17.8 Å². The molecule has 1 amide bonds. The maximum atomic E-state index is 13.1. The molecule has 0 aliphatic heterocycles. The first-order valence-corrected chi connectivity index (χ1v) is 7.94. The van der Waals surface area contributed by atoms with E-state index in [1.54, 1.807) is 31.4 Å². The largest absolute Gasteiger partial charge is 0.336 e. The van der Waals surface area contributed by atoms with Gasteiger partial charge >= 0.3 is 0 Å². The van der Waals surface area contributed by atoms with Gasteiger partial charge in [-0.2, -0.15) is 14.9 Å². The summed E-state index contributed by atoms with van der Waals surface area (Å²) >= 11 is 0. The van der Waals surface area contributed by atoms with Crippen molar-refractivity contribution in [3.63, 3.8) is 0 Å². The molecule has 0 bridgehead atoms. The van der Waals surface area contributed by atoms with E-state index in [1.807, 2.05) is 0 Å². The summed E-state index contributed by atoms with van der Waals surface area (Å²) in [4.78, 5) is 14.2. The molecule has 0 atom stereocenters. The fraction of sp³-hybridized carbons (Fsp3) is 0.125. The number of rotatable bonds is 5. The summed E-state index contributed by atoms with van der Waals surface area (Å²) < 4.78 is 14.5. The number of aromatic nitrogens is 8. The van der Waals surface area contributed by atoms with Crippen molar-refractivity contribution in [2.45, 2.75) is 6.54 Å². The molecule has 0 radical (unpaired) electrons. The fourth-order valence-electron chi connectivity index (χ4n) is 2.63. The fourth-order valence-corrected chi connectivity index (χ4v) is 2.63. The molecule has 136 valence electrons. The highest BCUT2D eigenvalue weighted by molar-refractivity contribution is 5.92. The van der Waals surface area contributed by atoms with Crippen molar-refractivity contribution < 1.29 is 9.18 Å². The minimum absolute atomic E-state index is 0.256. The number of halogens is 1. The van der Waals surface area contributed by atoms with E-state index in [2.05, 4.69) is 35.9 Å². The van der Waals surface area contributed by atoms with Crippen LogP contribution in [0, 0.1) is 5.82 Å². The first-order chi connectivity index (χ1) is 13.1. The van der Waals surface area contributed by atoms with Crippen LogP contribution < -0.4 is 0 Å². The molecule has 3 heterocycles. The third-order valence-corrected chi connectivity index (χ3v) is 3.98. The predicted molar refractivity (Wildman–Crippen MR) is 91.1 cm³/mol. The van der Waals surface area contributed by atoms with E-state index in [0.29, 0.717) is 18.1 Å². The Morgan fingerprint density at radius 1 is 1.26 bits per heavy atom. The van der Waals surface area contributed by atoms with Crippen molar-refractivity contribution in [1.29, 1.82) is 0 Å². The molecule has 4 rings (SSSR count). The maximum absolute atomic E-state index is 13.1. The quantitative estimate of drug-likeness (QED) is 0.546. The van der Waals surface area contributed by atoms with Crippen LogP contribution in [0.2, 0.25) is 0 Å². The molecule has 27 heavy (non-hydrogen) atoms. The second-order valence-corrected chi connectivity index (χ2v) is 5.83. The molecular formula is C16H14FN9O. The van der Waals surface area contributed by atoms with Gasteiger partial charge < -0.3 is 4.90 Å². The molecule has 0 aliphatic carbocycles. The number of nitrogens with one attached hydrogen (secondary N) is 2. The van der Waals surface area contributed by atoms with Crippen LogP contribution in [0.1, 0.15) is 16.1 Å². The second kappa shape index (κ2) is 6.78. The molecular weight excluding hydrogens is 353 g/mol. The third-order valence-electron chi connectivity index (χ3n) is 3.98. The first kappa shape index (κ1) is 16.6. The van der Waals surface area contributed by atoms with Gasteiger partial charge in [-0.15, -0.1) is 5.10 Å². The minimum Gasteiger partial charge on any atom is -0.336 e. The van der Waals surface area contributed by atoms with Crippen molar-refractivity contribution in [2.75, 3.05) is 7.05 Å². The highest BCUT2D eigenvalue weighted by atomic mass is 19.1. The van der Waals surface area contributed by atoms with Crippen LogP contribution in [0.5, 0.6) is 0 Å². The number of amides is 1. The van der Waals surface area contributed by atoms with E-state index in [4.69, 9.17) is 0 Å². The molecule has 3 aromatic heterocycles. The van der Waals surface area contributed by atoms with E-state index in [0.717, 1.165) is 16.8 Å². The summed E-state index contributed by atoms with van der Waals surface area (Å²) in [5, 5.41) is 24.4. The predicted octanol–water partition coefficient (Wildman–Crippen LogP) is 1.19. The molecule has 0 saturated heterocycles. The van der Waals surface area contributed by atoms with Crippen molar-refractivity contribution in [3.05, 3.63) is 59.9 Å². The summed E-state index contributed by atoms with van der Waals surface area (Å²) in [7, 11) is 1.67. The van der Waals surface area contributed by atoms with E-state index in [-0.39, 0.29) is 11.7 Å². The van der Waals surface area contributed by atoms with Gasteiger partial charge in [0.2, 0.25) is 0 Å². The molecule has 0 unspecified atom stereocenters. The Balaban J connectivity index is 1.51. The van der Waals surface area contributed by atoms with Gasteiger partial charge in [-0.3, -0.25) is 15.0 Å². The van der Waals surface area contributed by atoms with Gasteiger partial charge in [-0.05, 0) is 34.7 Å². The van der Waals surface area contributed by atoms with Gasteiger partial charge in [-0.1, -0.05) is 0 Å². The topological polar surface area (TPSA) is 121 Å². The Hall–Kier alpha value is -3.89. The van der Waals surface area contributed by atoms with Gasteiger partial charge in [-0.25, -0.2) is 4.39 Å². The average molecular weight is 367 g/mol. The first-order valence-electron chi connectivity index (χ1n) is 7.94. The van der Waals surface area contributed by atoms with Crippen LogP contribution in [0.15, 0.2) is 42.9 Å². The van der Waals surface area contributed by atoms with Crippen molar-refractivity contribution in [2.24, 2.45) is 0 Å². The zero-order valence-corrected chi connectivity index (χ0v) is 14.2. The van der Waals surface area contributed by atoms with Gasteiger partial charge in [0, 0.05) is 30.8 Å². The number of carbonyl (C=O) groups excluding carboxylic acids is 1. The Morgan fingerprint density at radius 3 is 2.81 bits per heavy atom. The molecule has 1 aromatic carbocycles. The van der Waals surface area contributed by atoms with E-state index in [9.17, 15) is 9.18 Å². The van der Waals surface area contributed by atoms with Gasteiger partial charge in [0.25, 0.3) is 5.91 Å². The summed E-state index contributed by atoms with van der Waals surface area (Å²) in [6, 6.07) is 7.62. The molecule has 0 aliphatic rings. The number of hydrogen-bond acceptors (Lipinski definition) is 6. The molecule has 4 aromatic rings. The SMILES string of the molecule is CN(Cc1cn[nH]c1-c1ccc(F)cc1)C(=O)c1cc(-n2cnnn2)n[nH]1. The monoisotopic (exact) mass is 367 g/mol.